The maximum Gasteiger partial charge on any atom is 0.217 e. The van der Waals surface area contributed by atoms with Gasteiger partial charge in [-0.3, -0.25) is 4.79 Å². The molecule has 0 fully saturated rings. The minimum absolute atomic E-state index is 0.234. The molecule has 14 heavy (non-hydrogen) atoms. The fourth-order valence-corrected chi connectivity index (χ4v) is 1.55. The molecule has 0 bridgehead atoms. The van der Waals surface area contributed by atoms with E-state index < -0.39 is 0 Å². The number of benzene rings is 1. The molecule has 2 N–H and O–H groups in total. The zero-order valence-electron chi connectivity index (χ0n) is 9.05. The Balaban J connectivity index is 2.87. The van der Waals surface area contributed by atoms with E-state index in [0.717, 1.165) is 6.42 Å². The number of rotatable bonds is 3. The molecule has 1 aromatic carbocycles. The van der Waals surface area contributed by atoms with E-state index >= 15 is 0 Å². The fraction of sp³-hybridized carbons (Fsp3) is 0.417. The summed E-state index contributed by atoms with van der Waals surface area (Å²) in [4.78, 5) is 10.7. The molecule has 0 spiro atoms. The predicted molar refractivity (Wildman–Crippen MR) is 58.2 cm³/mol. The van der Waals surface area contributed by atoms with Gasteiger partial charge < -0.3 is 5.73 Å². The molecular formula is C12H17NO. The molecule has 1 rings (SSSR count). The van der Waals surface area contributed by atoms with E-state index in [1.165, 1.54) is 22.3 Å². The smallest absolute Gasteiger partial charge is 0.217 e. The van der Waals surface area contributed by atoms with Crippen molar-refractivity contribution in [3.8, 4) is 0 Å². The van der Waals surface area contributed by atoms with Crippen LogP contribution in [0.4, 0.5) is 0 Å². The predicted octanol–water partition coefficient (Wildman–Crippen LogP) is 2.03. The highest BCUT2D eigenvalue weighted by molar-refractivity contribution is 5.74. The van der Waals surface area contributed by atoms with Crippen LogP contribution in [-0.4, -0.2) is 5.91 Å². The highest BCUT2D eigenvalue weighted by Gasteiger charge is 2.03. The third-order valence-electron chi connectivity index (χ3n) is 2.59. The van der Waals surface area contributed by atoms with Gasteiger partial charge >= 0.3 is 0 Å². The molecule has 1 amide bonds. The van der Waals surface area contributed by atoms with Crippen LogP contribution in [0.25, 0.3) is 0 Å². The standard InChI is InChI=1S/C12H17NO/c1-8-6-10(3)11(7-9(8)2)4-5-12(13)14/h6-7H,4-5H2,1-3H3,(H2,13,14). The van der Waals surface area contributed by atoms with Crippen molar-refractivity contribution in [2.24, 2.45) is 5.73 Å². The average molecular weight is 191 g/mol. The maximum atomic E-state index is 10.7. The van der Waals surface area contributed by atoms with Gasteiger partial charge in [0.05, 0.1) is 0 Å². The van der Waals surface area contributed by atoms with E-state index in [9.17, 15) is 4.79 Å². The second-order valence-corrected chi connectivity index (χ2v) is 3.83. The third-order valence-corrected chi connectivity index (χ3v) is 2.59. The van der Waals surface area contributed by atoms with Crippen molar-refractivity contribution in [2.75, 3.05) is 0 Å². The summed E-state index contributed by atoms with van der Waals surface area (Å²) >= 11 is 0. The van der Waals surface area contributed by atoms with E-state index in [2.05, 4.69) is 32.9 Å². The number of nitrogens with two attached hydrogens (primary N) is 1. The first kappa shape index (κ1) is 10.8. The van der Waals surface area contributed by atoms with Gasteiger partial charge in [-0.15, -0.1) is 0 Å². The molecular weight excluding hydrogens is 174 g/mol. The molecule has 2 nitrogen and oxygen atoms in total. The van der Waals surface area contributed by atoms with Crippen LogP contribution in [0.1, 0.15) is 28.7 Å². The lowest BCUT2D eigenvalue weighted by molar-refractivity contribution is -0.117. The molecule has 0 heterocycles. The summed E-state index contributed by atoms with van der Waals surface area (Å²) in [5.74, 6) is -0.234. The third kappa shape index (κ3) is 2.59. The van der Waals surface area contributed by atoms with E-state index in [1.807, 2.05) is 0 Å². The number of carbonyl (C=O) groups excluding carboxylic acids is 1. The lowest BCUT2D eigenvalue weighted by Crippen LogP contribution is -2.11. The van der Waals surface area contributed by atoms with Crippen LogP contribution in [0.15, 0.2) is 12.1 Å². The van der Waals surface area contributed by atoms with Crippen LogP contribution in [-0.2, 0) is 11.2 Å². The van der Waals surface area contributed by atoms with Crippen LogP contribution >= 0.6 is 0 Å². The molecule has 76 valence electrons. The minimum Gasteiger partial charge on any atom is -0.370 e. The van der Waals surface area contributed by atoms with Crippen LogP contribution in [0.5, 0.6) is 0 Å². The van der Waals surface area contributed by atoms with Crippen LogP contribution in [0.3, 0.4) is 0 Å². The molecule has 0 saturated heterocycles. The van der Waals surface area contributed by atoms with Crippen molar-refractivity contribution in [1.82, 2.24) is 0 Å². The van der Waals surface area contributed by atoms with E-state index in [-0.39, 0.29) is 5.91 Å². The summed E-state index contributed by atoms with van der Waals surface area (Å²) in [7, 11) is 0. The number of carbonyl (C=O) groups is 1. The zero-order valence-corrected chi connectivity index (χ0v) is 9.05. The summed E-state index contributed by atoms with van der Waals surface area (Å²) in [6.45, 7) is 6.26. The van der Waals surface area contributed by atoms with E-state index in [4.69, 9.17) is 5.73 Å². The van der Waals surface area contributed by atoms with Gasteiger partial charge in [0.2, 0.25) is 5.91 Å². The number of amides is 1. The Bertz CT molecular complexity index is 356. The SMILES string of the molecule is Cc1cc(C)c(CCC(N)=O)cc1C. The molecule has 0 saturated carbocycles. The molecule has 0 aromatic heterocycles. The molecule has 2 heteroatoms. The number of hydrogen-bond acceptors (Lipinski definition) is 1. The normalized spacial score (nSPS) is 10.2. The lowest BCUT2D eigenvalue weighted by Gasteiger charge is -2.08. The highest BCUT2D eigenvalue weighted by atomic mass is 16.1. The average Bonchev–Trinajstić information content (AvgIpc) is 2.09. The Morgan fingerprint density at radius 2 is 1.71 bits per heavy atom. The van der Waals surface area contributed by atoms with Gasteiger partial charge in [-0.1, -0.05) is 12.1 Å². The van der Waals surface area contributed by atoms with Crippen molar-refractivity contribution in [3.05, 3.63) is 34.4 Å². The molecule has 0 aliphatic carbocycles. The number of hydrogen-bond donors (Lipinski definition) is 1. The monoisotopic (exact) mass is 191 g/mol. The van der Waals surface area contributed by atoms with Gasteiger partial charge in [-0.25, -0.2) is 0 Å². The van der Waals surface area contributed by atoms with Crippen molar-refractivity contribution in [3.63, 3.8) is 0 Å². The summed E-state index contributed by atoms with van der Waals surface area (Å²) in [6.07, 6.45) is 1.19. The topological polar surface area (TPSA) is 43.1 Å². The van der Waals surface area contributed by atoms with Gasteiger partial charge in [-0.2, -0.15) is 0 Å². The Morgan fingerprint density at radius 3 is 2.29 bits per heavy atom. The number of aryl methyl sites for hydroxylation is 4. The summed E-state index contributed by atoms with van der Waals surface area (Å²) in [5.41, 5.74) is 10.2. The molecule has 0 atom stereocenters. The Kier molecular flexibility index (Phi) is 3.28. The summed E-state index contributed by atoms with van der Waals surface area (Å²) < 4.78 is 0. The van der Waals surface area contributed by atoms with Crippen LogP contribution in [0.2, 0.25) is 0 Å². The molecule has 0 radical (unpaired) electrons. The van der Waals surface area contributed by atoms with Crippen LogP contribution < -0.4 is 5.73 Å². The van der Waals surface area contributed by atoms with Crippen molar-refractivity contribution >= 4 is 5.91 Å². The quantitative estimate of drug-likeness (QED) is 0.780. The van der Waals surface area contributed by atoms with E-state index in [1.54, 1.807) is 0 Å². The Hall–Kier alpha value is -1.31. The summed E-state index contributed by atoms with van der Waals surface area (Å²) in [5, 5.41) is 0. The van der Waals surface area contributed by atoms with E-state index in [0.29, 0.717) is 6.42 Å². The Labute approximate surface area is 85.1 Å². The second kappa shape index (κ2) is 4.27. The van der Waals surface area contributed by atoms with Crippen molar-refractivity contribution in [2.45, 2.75) is 33.6 Å². The largest absolute Gasteiger partial charge is 0.370 e. The lowest BCUT2D eigenvalue weighted by atomic mass is 9.98. The van der Waals surface area contributed by atoms with Gasteiger partial charge in [-0.05, 0) is 49.4 Å². The zero-order chi connectivity index (χ0) is 10.7. The Morgan fingerprint density at radius 1 is 1.14 bits per heavy atom. The summed E-state index contributed by atoms with van der Waals surface area (Å²) in [6, 6.07) is 4.30. The van der Waals surface area contributed by atoms with Crippen LogP contribution in [0, 0.1) is 20.8 Å². The molecule has 0 aliphatic rings. The van der Waals surface area contributed by atoms with Crippen molar-refractivity contribution in [1.29, 1.82) is 0 Å². The molecule has 0 aliphatic heterocycles. The second-order valence-electron chi connectivity index (χ2n) is 3.83. The molecule has 1 aromatic rings. The number of primary amides is 1. The van der Waals surface area contributed by atoms with Gasteiger partial charge in [0, 0.05) is 6.42 Å². The first-order valence-electron chi connectivity index (χ1n) is 4.85. The first-order chi connectivity index (χ1) is 6.50. The van der Waals surface area contributed by atoms with Gasteiger partial charge in [0.15, 0.2) is 0 Å². The van der Waals surface area contributed by atoms with Gasteiger partial charge in [0.1, 0.15) is 0 Å². The maximum absolute atomic E-state index is 10.7. The first-order valence-corrected chi connectivity index (χ1v) is 4.85. The minimum atomic E-state index is -0.234. The molecule has 0 unspecified atom stereocenters. The van der Waals surface area contributed by atoms with Crippen molar-refractivity contribution < 1.29 is 4.79 Å². The highest BCUT2D eigenvalue weighted by Crippen LogP contribution is 2.16. The van der Waals surface area contributed by atoms with Gasteiger partial charge in [0.25, 0.3) is 0 Å². The fourth-order valence-electron chi connectivity index (χ4n) is 1.55.